The molecule has 2 aliphatic heterocycles. The van der Waals surface area contributed by atoms with E-state index in [0.29, 0.717) is 25.4 Å². The normalized spacial score (nSPS) is 35.4. The van der Waals surface area contributed by atoms with Gasteiger partial charge in [-0.05, 0) is 31.6 Å². The Morgan fingerprint density at radius 1 is 1.24 bits per heavy atom. The number of ether oxygens (including phenoxy) is 3. The second-order valence-corrected chi connectivity index (χ2v) is 9.69. The number of thioether (sulfide) groups is 2. The number of aliphatic hydroxyl groups is 3. The molecule has 7 atom stereocenters. The minimum atomic E-state index is -1.23. The number of amides is 1. The van der Waals surface area contributed by atoms with Crippen LogP contribution in [0.5, 0.6) is 0 Å². The molecule has 0 radical (unpaired) electrons. The van der Waals surface area contributed by atoms with Crippen molar-refractivity contribution in [2.24, 2.45) is 5.73 Å². The molecule has 2 saturated heterocycles. The first-order valence-corrected chi connectivity index (χ1v) is 12.1. The minimum Gasteiger partial charge on any atom is -0.394 e. The van der Waals surface area contributed by atoms with Gasteiger partial charge < -0.3 is 40.6 Å². The van der Waals surface area contributed by atoms with Gasteiger partial charge in [-0.15, -0.1) is 11.8 Å². The summed E-state index contributed by atoms with van der Waals surface area (Å²) >= 11 is 3.09. The monoisotopic (exact) mass is 454 g/mol. The van der Waals surface area contributed by atoms with Gasteiger partial charge in [0.05, 0.1) is 36.8 Å². The third kappa shape index (κ3) is 8.15. The number of nitrogens with two attached hydrogens (primary N) is 1. The highest BCUT2D eigenvalue weighted by Crippen LogP contribution is 2.32. The topological polar surface area (TPSA) is 144 Å². The van der Waals surface area contributed by atoms with Crippen molar-refractivity contribution in [1.82, 2.24) is 5.32 Å². The Balaban J connectivity index is 1.79. The van der Waals surface area contributed by atoms with Gasteiger partial charge >= 0.3 is 0 Å². The molecule has 9 nitrogen and oxygen atoms in total. The predicted molar refractivity (Wildman–Crippen MR) is 113 cm³/mol. The standard InChI is InChI=1S/C18H34N2O7S2/c1-11(22)20-6-8-29-17-13(9-21)27-18(16(24)15(17)23)26-12-3-4-14(25-10-12)28-7-2-5-19/h12-18,21,23-24H,2-10,19H2,1H3,(H,20,22). The molecular formula is C18H34N2O7S2. The molecule has 2 rings (SSSR count). The molecule has 0 bridgehead atoms. The highest BCUT2D eigenvalue weighted by molar-refractivity contribution is 8.00. The van der Waals surface area contributed by atoms with Crippen LogP contribution in [-0.4, -0.2) is 100 Å². The first-order chi connectivity index (χ1) is 14.0. The number of hydrogen-bond donors (Lipinski definition) is 5. The first-order valence-electron chi connectivity index (χ1n) is 10.0. The van der Waals surface area contributed by atoms with Crippen LogP contribution in [-0.2, 0) is 19.0 Å². The zero-order valence-corrected chi connectivity index (χ0v) is 18.4. The molecular weight excluding hydrogens is 420 g/mol. The zero-order chi connectivity index (χ0) is 21.2. The SMILES string of the molecule is CC(=O)NCCSC1C(CO)OC(OC2CCC(SCCCN)OC2)C(O)C1O. The molecule has 6 N–H and O–H groups in total. The van der Waals surface area contributed by atoms with E-state index in [1.54, 1.807) is 11.8 Å². The number of carbonyl (C=O) groups excluding carboxylic acids is 1. The van der Waals surface area contributed by atoms with Crippen molar-refractivity contribution in [3.8, 4) is 0 Å². The van der Waals surface area contributed by atoms with Crippen LogP contribution in [0.25, 0.3) is 0 Å². The van der Waals surface area contributed by atoms with Crippen molar-refractivity contribution < 1.29 is 34.3 Å². The van der Waals surface area contributed by atoms with Gasteiger partial charge in [0.15, 0.2) is 6.29 Å². The molecule has 2 heterocycles. The third-order valence-electron chi connectivity index (χ3n) is 4.78. The van der Waals surface area contributed by atoms with Gasteiger partial charge in [0.1, 0.15) is 11.5 Å². The van der Waals surface area contributed by atoms with Gasteiger partial charge in [0.2, 0.25) is 5.91 Å². The fourth-order valence-corrected chi connectivity index (χ4v) is 5.51. The summed E-state index contributed by atoms with van der Waals surface area (Å²) in [6.45, 7) is 2.62. The van der Waals surface area contributed by atoms with Gasteiger partial charge in [0.25, 0.3) is 0 Å². The average Bonchev–Trinajstić information content (AvgIpc) is 2.71. The fourth-order valence-electron chi connectivity index (χ4n) is 3.22. The minimum absolute atomic E-state index is 0.124. The van der Waals surface area contributed by atoms with Crippen LogP contribution in [0.4, 0.5) is 0 Å². The number of carbonyl (C=O) groups is 1. The molecule has 11 heteroatoms. The molecule has 0 aliphatic carbocycles. The molecule has 0 saturated carbocycles. The highest BCUT2D eigenvalue weighted by Gasteiger charge is 2.46. The van der Waals surface area contributed by atoms with E-state index in [9.17, 15) is 20.1 Å². The van der Waals surface area contributed by atoms with Crippen LogP contribution in [0.1, 0.15) is 26.2 Å². The van der Waals surface area contributed by atoms with E-state index >= 15 is 0 Å². The molecule has 2 fully saturated rings. The quantitative estimate of drug-likeness (QED) is 0.253. The summed E-state index contributed by atoms with van der Waals surface area (Å²) in [4.78, 5) is 10.9. The molecule has 0 aromatic rings. The Morgan fingerprint density at radius 2 is 2.03 bits per heavy atom. The van der Waals surface area contributed by atoms with E-state index in [1.165, 1.54) is 18.7 Å². The Bertz CT molecular complexity index is 481. The number of aliphatic hydroxyl groups excluding tert-OH is 3. The van der Waals surface area contributed by atoms with Gasteiger partial charge in [-0.25, -0.2) is 0 Å². The molecule has 2 aliphatic rings. The van der Waals surface area contributed by atoms with Gasteiger partial charge in [-0.3, -0.25) is 4.79 Å². The van der Waals surface area contributed by atoms with Crippen molar-refractivity contribution >= 4 is 29.4 Å². The summed E-state index contributed by atoms with van der Waals surface area (Å²) in [7, 11) is 0. The summed E-state index contributed by atoms with van der Waals surface area (Å²) in [5, 5.41) is 32.8. The van der Waals surface area contributed by atoms with Gasteiger partial charge in [-0.2, -0.15) is 11.8 Å². The molecule has 1 amide bonds. The average molecular weight is 455 g/mol. The summed E-state index contributed by atoms with van der Waals surface area (Å²) in [6, 6.07) is 0. The molecule has 29 heavy (non-hydrogen) atoms. The van der Waals surface area contributed by atoms with Gasteiger partial charge in [-0.1, -0.05) is 0 Å². The Kier molecular flexibility index (Phi) is 11.6. The summed E-state index contributed by atoms with van der Waals surface area (Å²) in [6.07, 6.45) is -1.73. The van der Waals surface area contributed by atoms with Crippen molar-refractivity contribution in [3.63, 3.8) is 0 Å². The number of nitrogens with one attached hydrogen (secondary N) is 1. The highest BCUT2D eigenvalue weighted by atomic mass is 32.2. The largest absolute Gasteiger partial charge is 0.394 e. The van der Waals surface area contributed by atoms with Crippen molar-refractivity contribution in [2.45, 2.75) is 67.6 Å². The Morgan fingerprint density at radius 3 is 2.66 bits per heavy atom. The van der Waals surface area contributed by atoms with Crippen molar-refractivity contribution in [1.29, 1.82) is 0 Å². The second kappa shape index (κ2) is 13.3. The number of rotatable bonds is 11. The first kappa shape index (κ1) is 25.2. The van der Waals surface area contributed by atoms with Crippen molar-refractivity contribution in [3.05, 3.63) is 0 Å². The van der Waals surface area contributed by atoms with E-state index in [2.05, 4.69) is 5.32 Å². The van der Waals surface area contributed by atoms with E-state index in [1.807, 2.05) is 0 Å². The fraction of sp³-hybridized carbons (Fsp3) is 0.944. The van der Waals surface area contributed by atoms with Crippen LogP contribution in [0.15, 0.2) is 0 Å². The third-order valence-corrected chi connectivity index (χ3v) is 7.45. The van der Waals surface area contributed by atoms with Crippen LogP contribution >= 0.6 is 23.5 Å². The molecule has 0 aromatic carbocycles. The predicted octanol–water partition coefficient (Wildman–Crippen LogP) is -0.733. The smallest absolute Gasteiger partial charge is 0.216 e. The van der Waals surface area contributed by atoms with Crippen molar-refractivity contribution in [2.75, 3.05) is 37.8 Å². The maximum absolute atomic E-state index is 10.9. The lowest BCUT2D eigenvalue weighted by Gasteiger charge is -2.43. The van der Waals surface area contributed by atoms with Gasteiger partial charge in [0, 0.05) is 19.2 Å². The lowest BCUT2D eigenvalue weighted by Crippen LogP contribution is -2.59. The van der Waals surface area contributed by atoms with E-state index in [-0.39, 0.29) is 24.1 Å². The number of hydrogen-bond acceptors (Lipinski definition) is 10. The van der Waals surface area contributed by atoms with E-state index in [4.69, 9.17) is 19.9 Å². The van der Waals surface area contributed by atoms with E-state index in [0.717, 1.165) is 25.0 Å². The van der Waals surface area contributed by atoms with E-state index < -0.39 is 29.9 Å². The van der Waals surface area contributed by atoms with Crippen LogP contribution < -0.4 is 11.1 Å². The lowest BCUT2D eigenvalue weighted by molar-refractivity contribution is -0.289. The maximum Gasteiger partial charge on any atom is 0.216 e. The Hall–Kier alpha value is -0.110. The summed E-state index contributed by atoms with van der Waals surface area (Å²) < 4.78 is 17.4. The Labute approximate surface area is 180 Å². The second-order valence-electron chi connectivity index (χ2n) is 7.14. The molecule has 0 spiro atoms. The van der Waals surface area contributed by atoms with Crippen LogP contribution in [0.3, 0.4) is 0 Å². The molecule has 170 valence electrons. The van der Waals surface area contributed by atoms with Crippen LogP contribution in [0, 0.1) is 0 Å². The molecule has 7 unspecified atom stereocenters. The maximum atomic E-state index is 10.9. The zero-order valence-electron chi connectivity index (χ0n) is 16.8. The van der Waals surface area contributed by atoms with Crippen LogP contribution in [0.2, 0.25) is 0 Å². The summed E-state index contributed by atoms with van der Waals surface area (Å²) in [5.74, 6) is 1.36. The summed E-state index contributed by atoms with van der Waals surface area (Å²) in [5.41, 5.74) is 5.63. The molecule has 0 aromatic heterocycles. The lowest BCUT2D eigenvalue weighted by atomic mass is 10.0.